The minimum atomic E-state index is -4.64. The van der Waals surface area contributed by atoms with Crippen LogP contribution in [0.5, 0.6) is 0 Å². The molecule has 4 nitrogen and oxygen atoms in total. The Bertz CT molecular complexity index is 689. The minimum absolute atomic E-state index is 0.0125. The first-order valence-electron chi connectivity index (χ1n) is 6.46. The normalized spacial score (nSPS) is 13.9. The van der Waals surface area contributed by atoms with Gasteiger partial charge in [0.2, 0.25) is 5.82 Å². The fourth-order valence-corrected chi connectivity index (χ4v) is 2.22. The van der Waals surface area contributed by atoms with E-state index in [1.807, 2.05) is 0 Å². The fourth-order valence-electron chi connectivity index (χ4n) is 2.22. The number of imidazole rings is 1. The van der Waals surface area contributed by atoms with Crippen LogP contribution >= 0.6 is 0 Å². The number of rotatable bonds is 3. The Morgan fingerprint density at radius 1 is 1.29 bits per heavy atom. The van der Waals surface area contributed by atoms with E-state index < -0.39 is 24.0 Å². The minimum Gasteiger partial charge on any atom is -0.478 e. The fraction of sp³-hybridized carbons (Fsp3) is 0.429. The molecule has 1 unspecified atom stereocenters. The van der Waals surface area contributed by atoms with Crippen LogP contribution in [0.3, 0.4) is 0 Å². The van der Waals surface area contributed by atoms with Gasteiger partial charge in [-0.2, -0.15) is 13.2 Å². The lowest BCUT2D eigenvalue weighted by atomic mass is 10.1. The first-order valence-corrected chi connectivity index (χ1v) is 6.46. The maximum atomic E-state index is 13.2. The Balaban J connectivity index is 2.90. The average molecular weight is 300 g/mol. The van der Waals surface area contributed by atoms with Crippen LogP contribution in [-0.2, 0) is 6.18 Å². The van der Waals surface area contributed by atoms with Crippen molar-refractivity contribution in [3.8, 4) is 0 Å². The molecule has 0 bridgehead atoms. The Hall–Kier alpha value is -2.05. The van der Waals surface area contributed by atoms with Crippen molar-refractivity contribution in [1.29, 1.82) is 0 Å². The second kappa shape index (κ2) is 5.05. The number of para-hydroxylation sites is 1. The van der Waals surface area contributed by atoms with Crippen LogP contribution in [0, 0.1) is 5.92 Å². The van der Waals surface area contributed by atoms with Gasteiger partial charge in [0.15, 0.2) is 0 Å². The van der Waals surface area contributed by atoms with Gasteiger partial charge in [0.25, 0.3) is 0 Å². The summed E-state index contributed by atoms with van der Waals surface area (Å²) in [7, 11) is 0. The molecule has 1 atom stereocenters. The van der Waals surface area contributed by atoms with Crippen molar-refractivity contribution in [3.05, 3.63) is 29.6 Å². The standard InChI is InChI=1S/C14H15F3N2O2/c1-7(2)8(3)19-11-9(12(20)21)5-4-6-10(11)18-13(19)14(15,16)17/h4-8H,1-3H3,(H,20,21). The summed E-state index contributed by atoms with van der Waals surface area (Å²) in [6.45, 7) is 5.18. The van der Waals surface area contributed by atoms with Crippen molar-refractivity contribution in [2.75, 3.05) is 0 Å². The van der Waals surface area contributed by atoms with Crippen LogP contribution in [-0.4, -0.2) is 20.6 Å². The molecule has 0 fully saturated rings. The van der Waals surface area contributed by atoms with Crippen molar-refractivity contribution < 1.29 is 23.1 Å². The molecule has 0 aliphatic rings. The third-order valence-corrected chi connectivity index (χ3v) is 3.57. The summed E-state index contributed by atoms with van der Waals surface area (Å²) in [5.41, 5.74) is -0.128. The monoisotopic (exact) mass is 300 g/mol. The lowest BCUT2D eigenvalue weighted by molar-refractivity contribution is -0.147. The molecule has 0 radical (unpaired) electrons. The number of hydrogen-bond acceptors (Lipinski definition) is 2. The van der Waals surface area contributed by atoms with E-state index in [4.69, 9.17) is 0 Å². The lowest BCUT2D eigenvalue weighted by Gasteiger charge is -2.22. The molecule has 0 saturated carbocycles. The number of carboxylic acid groups (broad SMARTS) is 1. The van der Waals surface area contributed by atoms with Crippen LogP contribution in [0.1, 0.15) is 43.0 Å². The SMILES string of the molecule is CC(C)C(C)n1c(C(F)(F)F)nc2cccc(C(=O)O)c21. The van der Waals surface area contributed by atoms with Gasteiger partial charge in [0.05, 0.1) is 16.6 Å². The topological polar surface area (TPSA) is 55.1 Å². The van der Waals surface area contributed by atoms with Gasteiger partial charge in [-0.1, -0.05) is 19.9 Å². The Labute approximate surface area is 119 Å². The van der Waals surface area contributed by atoms with E-state index in [9.17, 15) is 23.1 Å². The number of aromatic carboxylic acids is 1. The summed E-state index contributed by atoms with van der Waals surface area (Å²) < 4.78 is 40.6. The molecule has 114 valence electrons. The molecule has 7 heteroatoms. The molecule has 1 N–H and O–H groups in total. The van der Waals surface area contributed by atoms with Gasteiger partial charge in [-0.05, 0) is 25.0 Å². The van der Waals surface area contributed by atoms with Crippen LogP contribution in [0.2, 0.25) is 0 Å². The molecular formula is C14H15F3N2O2. The number of benzene rings is 1. The van der Waals surface area contributed by atoms with Crippen molar-refractivity contribution in [1.82, 2.24) is 9.55 Å². The maximum absolute atomic E-state index is 13.2. The number of hydrogen-bond donors (Lipinski definition) is 1. The van der Waals surface area contributed by atoms with Gasteiger partial charge in [-0.15, -0.1) is 0 Å². The summed E-state index contributed by atoms with van der Waals surface area (Å²) in [5.74, 6) is -2.44. The largest absolute Gasteiger partial charge is 0.478 e. The van der Waals surface area contributed by atoms with E-state index in [2.05, 4.69) is 4.98 Å². The average Bonchev–Trinajstić information content (AvgIpc) is 2.76. The highest BCUT2D eigenvalue weighted by atomic mass is 19.4. The predicted octanol–water partition coefficient (Wildman–Crippen LogP) is 3.97. The highest BCUT2D eigenvalue weighted by Crippen LogP contribution is 2.36. The summed E-state index contributed by atoms with van der Waals surface area (Å²) in [5, 5.41) is 9.22. The molecular weight excluding hydrogens is 285 g/mol. The molecule has 1 aromatic heterocycles. The second-order valence-corrected chi connectivity index (χ2v) is 5.27. The van der Waals surface area contributed by atoms with Crippen LogP contribution in [0.25, 0.3) is 11.0 Å². The Morgan fingerprint density at radius 2 is 1.90 bits per heavy atom. The maximum Gasteiger partial charge on any atom is 0.449 e. The molecule has 1 heterocycles. The molecule has 0 aliphatic heterocycles. The number of aromatic nitrogens is 2. The quantitative estimate of drug-likeness (QED) is 0.933. The van der Waals surface area contributed by atoms with E-state index in [1.165, 1.54) is 18.2 Å². The van der Waals surface area contributed by atoms with E-state index in [0.717, 1.165) is 4.57 Å². The van der Waals surface area contributed by atoms with E-state index >= 15 is 0 Å². The van der Waals surface area contributed by atoms with Crippen molar-refractivity contribution >= 4 is 17.0 Å². The van der Waals surface area contributed by atoms with Gasteiger partial charge in [-0.25, -0.2) is 9.78 Å². The third kappa shape index (κ3) is 2.59. The van der Waals surface area contributed by atoms with Gasteiger partial charge in [0.1, 0.15) is 0 Å². The molecule has 21 heavy (non-hydrogen) atoms. The highest BCUT2D eigenvalue weighted by Gasteiger charge is 2.39. The highest BCUT2D eigenvalue weighted by molar-refractivity contribution is 6.01. The zero-order chi connectivity index (χ0) is 15.9. The molecule has 0 spiro atoms. The van der Waals surface area contributed by atoms with Crippen molar-refractivity contribution in [2.45, 2.75) is 33.0 Å². The molecule has 2 aromatic rings. The third-order valence-electron chi connectivity index (χ3n) is 3.57. The van der Waals surface area contributed by atoms with E-state index in [0.29, 0.717) is 0 Å². The van der Waals surface area contributed by atoms with Gasteiger partial charge < -0.3 is 9.67 Å². The van der Waals surface area contributed by atoms with Crippen LogP contribution in [0.4, 0.5) is 13.2 Å². The number of carboxylic acids is 1. The summed E-state index contributed by atoms with van der Waals surface area (Å²) in [6, 6.07) is 3.53. The van der Waals surface area contributed by atoms with Crippen molar-refractivity contribution in [3.63, 3.8) is 0 Å². The first-order chi connectivity index (χ1) is 9.64. The molecule has 0 amide bonds. The molecule has 1 aromatic carbocycles. The molecule has 0 saturated heterocycles. The summed E-state index contributed by atoms with van der Waals surface area (Å²) >= 11 is 0. The molecule has 0 aliphatic carbocycles. The number of halogens is 3. The first kappa shape index (κ1) is 15.3. The Morgan fingerprint density at radius 3 is 2.38 bits per heavy atom. The summed E-state index contributed by atoms with van der Waals surface area (Å²) in [6.07, 6.45) is -4.64. The van der Waals surface area contributed by atoms with E-state index in [1.54, 1.807) is 20.8 Å². The number of nitrogens with zero attached hydrogens (tertiary/aromatic N) is 2. The lowest BCUT2D eigenvalue weighted by Crippen LogP contribution is -2.21. The van der Waals surface area contributed by atoms with Gasteiger partial charge >= 0.3 is 12.1 Å². The van der Waals surface area contributed by atoms with Crippen LogP contribution in [0.15, 0.2) is 18.2 Å². The number of fused-ring (bicyclic) bond motifs is 1. The summed E-state index contributed by atoms with van der Waals surface area (Å²) in [4.78, 5) is 14.9. The van der Waals surface area contributed by atoms with Crippen LogP contribution < -0.4 is 0 Å². The number of alkyl halides is 3. The Kier molecular flexibility index (Phi) is 3.69. The van der Waals surface area contributed by atoms with Gasteiger partial charge in [0, 0.05) is 6.04 Å². The molecule has 2 rings (SSSR count). The zero-order valence-corrected chi connectivity index (χ0v) is 11.8. The zero-order valence-electron chi connectivity index (χ0n) is 11.8. The van der Waals surface area contributed by atoms with Crippen molar-refractivity contribution in [2.24, 2.45) is 5.92 Å². The smallest absolute Gasteiger partial charge is 0.449 e. The van der Waals surface area contributed by atoms with E-state index in [-0.39, 0.29) is 22.5 Å². The second-order valence-electron chi connectivity index (χ2n) is 5.27. The van der Waals surface area contributed by atoms with Gasteiger partial charge in [-0.3, -0.25) is 0 Å². The predicted molar refractivity (Wildman–Crippen MR) is 71.2 cm³/mol. The number of carbonyl (C=O) groups is 1.